The van der Waals surface area contributed by atoms with E-state index in [9.17, 15) is 9.18 Å². The largest absolute Gasteiger partial charge is 0.399 e. The average molecular weight is 279 g/mol. The number of hydrogen-bond donors (Lipinski definition) is 2. The number of aryl methyl sites for hydroxylation is 1. The molecule has 0 saturated carbocycles. The maximum atomic E-state index is 13.4. The van der Waals surface area contributed by atoms with Crippen molar-refractivity contribution >= 4 is 22.9 Å². The van der Waals surface area contributed by atoms with Gasteiger partial charge in [0.2, 0.25) is 0 Å². The van der Waals surface area contributed by atoms with Crippen molar-refractivity contribution in [3.05, 3.63) is 45.7 Å². The molecule has 2 aromatic rings. The van der Waals surface area contributed by atoms with Gasteiger partial charge >= 0.3 is 0 Å². The molecule has 0 bridgehead atoms. The van der Waals surface area contributed by atoms with Crippen molar-refractivity contribution in [2.45, 2.75) is 13.3 Å². The van der Waals surface area contributed by atoms with Crippen molar-refractivity contribution in [1.29, 1.82) is 0 Å². The van der Waals surface area contributed by atoms with Crippen LogP contribution in [0.2, 0.25) is 0 Å². The Morgan fingerprint density at radius 1 is 1.53 bits per heavy atom. The molecule has 100 valence electrons. The summed E-state index contributed by atoms with van der Waals surface area (Å²) in [5.41, 5.74) is 6.83. The Hall–Kier alpha value is -1.95. The van der Waals surface area contributed by atoms with E-state index in [4.69, 9.17) is 5.73 Å². The Balaban J connectivity index is 1.92. The zero-order chi connectivity index (χ0) is 13.8. The average Bonchev–Trinajstić information content (AvgIpc) is 2.78. The van der Waals surface area contributed by atoms with E-state index in [-0.39, 0.29) is 5.56 Å². The first kappa shape index (κ1) is 13.5. The predicted octanol–water partition coefficient (Wildman–Crippen LogP) is 2.15. The molecule has 0 unspecified atom stereocenters. The Kier molecular flexibility index (Phi) is 4.11. The van der Waals surface area contributed by atoms with Gasteiger partial charge in [0.25, 0.3) is 5.91 Å². The van der Waals surface area contributed by atoms with Gasteiger partial charge in [0, 0.05) is 29.7 Å². The van der Waals surface area contributed by atoms with Crippen LogP contribution in [0.1, 0.15) is 21.1 Å². The van der Waals surface area contributed by atoms with Gasteiger partial charge in [0.05, 0.1) is 10.6 Å². The minimum atomic E-state index is -0.572. The molecule has 2 rings (SSSR count). The predicted molar refractivity (Wildman–Crippen MR) is 73.7 cm³/mol. The third-order valence-electron chi connectivity index (χ3n) is 2.53. The fraction of sp³-hybridized carbons (Fsp3) is 0.231. The maximum Gasteiger partial charge on any atom is 0.254 e. The molecule has 1 aromatic heterocycles. The standard InChI is InChI=1S/C13H14FN3OS/c1-8-7-19-12(17-8)4-5-16-13(18)10-6-9(15)2-3-11(10)14/h2-3,6-7H,4-5,15H2,1H3,(H,16,18). The fourth-order valence-corrected chi connectivity index (χ4v) is 2.39. The van der Waals surface area contributed by atoms with Crippen molar-refractivity contribution < 1.29 is 9.18 Å². The van der Waals surface area contributed by atoms with Crippen molar-refractivity contribution in [3.63, 3.8) is 0 Å². The Bertz CT molecular complexity index is 597. The van der Waals surface area contributed by atoms with E-state index >= 15 is 0 Å². The third-order valence-corrected chi connectivity index (χ3v) is 3.55. The van der Waals surface area contributed by atoms with Gasteiger partial charge in [0.1, 0.15) is 5.82 Å². The quantitative estimate of drug-likeness (QED) is 0.843. The van der Waals surface area contributed by atoms with Crippen LogP contribution in [-0.4, -0.2) is 17.4 Å². The summed E-state index contributed by atoms with van der Waals surface area (Å²) in [5.74, 6) is -1.03. The van der Waals surface area contributed by atoms with Gasteiger partial charge in [-0.05, 0) is 25.1 Å². The number of carbonyl (C=O) groups excluding carboxylic acids is 1. The summed E-state index contributed by atoms with van der Waals surface area (Å²) in [5, 5.41) is 5.56. The van der Waals surface area contributed by atoms with Gasteiger partial charge in [-0.25, -0.2) is 9.37 Å². The SMILES string of the molecule is Cc1csc(CCNC(=O)c2cc(N)ccc2F)n1. The Morgan fingerprint density at radius 2 is 2.32 bits per heavy atom. The topological polar surface area (TPSA) is 68.0 Å². The Morgan fingerprint density at radius 3 is 3.00 bits per heavy atom. The van der Waals surface area contributed by atoms with Crippen LogP contribution in [0.3, 0.4) is 0 Å². The summed E-state index contributed by atoms with van der Waals surface area (Å²) in [6.45, 7) is 2.33. The van der Waals surface area contributed by atoms with Crippen LogP contribution < -0.4 is 11.1 Å². The highest BCUT2D eigenvalue weighted by Gasteiger charge is 2.11. The van der Waals surface area contributed by atoms with Crippen LogP contribution in [0.15, 0.2) is 23.6 Å². The van der Waals surface area contributed by atoms with E-state index in [1.54, 1.807) is 11.3 Å². The molecule has 0 spiro atoms. The molecule has 19 heavy (non-hydrogen) atoms. The van der Waals surface area contributed by atoms with Gasteiger partial charge in [-0.2, -0.15) is 0 Å². The van der Waals surface area contributed by atoms with Gasteiger partial charge < -0.3 is 11.1 Å². The number of benzene rings is 1. The summed E-state index contributed by atoms with van der Waals surface area (Å²) in [4.78, 5) is 16.1. The van der Waals surface area contributed by atoms with E-state index in [0.29, 0.717) is 18.7 Å². The third kappa shape index (κ3) is 3.51. The molecule has 6 heteroatoms. The molecular weight excluding hydrogens is 265 g/mol. The van der Waals surface area contributed by atoms with Crippen LogP contribution in [0.25, 0.3) is 0 Å². The number of thiazole rings is 1. The number of carbonyl (C=O) groups is 1. The van der Waals surface area contributed by atoms with Crippen LogP contribution in [0, 0.1) is 12.7 Å². The maximum absolute atomic E-state index is 13.4. The van der Waals surface area contributed by atoms with E-state index in [1.165, 1.54) is 18.2 Å². The lowest BCUT2D eigenvalue weighted by Gasteiger charge is -2.05. The van der Waals surface area contributed by atoms with Crippen LogP contribution in [0.4, 0.5) is 10.1 Å². The number of hydrogen-bond acceptors (Lipinski definition) is 4. The molecule has 1 aromatic carbocycles. The fourth-order valence-electron chi connectivity index (χ4n) is 1.61. The zero-order valence-electron chi connectivity index (χ0n) is 10.4. The lowest BCUT2D eigenvalue weighted by atomic mass is 10.1. The van der Waals surface area contributed by atoms with Gasteiger partial charge in [-0.1, -0.05) is 0 Å². The second-order valence-electron chi connectivity index (χ2n) is 4.13. The second kappa shape index (κ2) is 5.79. The van der Waals surface area contributed by atoms with Crippen molar-refractivity contribution in [2.24, 2.45) is 0 Å². The highest BCUT2D eigenvalue weighted by Crippen LogP contribution is 2.12. The molecular formula is C13H14FN3OS. The van der Waals surface area contributed by atoms with Crippen molar-refractivity contribution in [2.75, 3.05) is 12.3 Å². The minimum Gasteiger partial charge on any atom is -0.399 e. The molecule has 0 radical (unpaired) electrons. The lowest BCUT2D eigenvalue weighted by Crippen LogP contribution is -2.26. The second-order valence-corrected chi connectivity index (χ2v) is 5.07. The summed E-state index contributed by atoms with van der Waals surface area (Å²) in [6, 6.07) is 3.94. The molecule has 0 aliphatic rings. The van der Waals surface area contributed by atoms with Crippen LogP contribution in [-0.2, 0) is 6.42 Å². The van der Waals surface area contributed by atoms with Crippen molar-refractivity contribution in [3.8, 4) is 0 Å². The first-order valence-corrected chi connectivity index (χ1v) is 6.68. The first-order chi connectivity index (χ1) is 9.06. The number of nitrogen functional groups attached to an aromatic ring is 1. The molecule has 4 nitrogen and oxygen atoms in total. The van der Waals surface area contributed by atoms with E-state index < -0.39 is 11.7 Å². The number of nitrogens with two attached hydrogens (primary N) is 1. The summed E-state index contributed by atoms with van der Waals surface area (Å²) >= 11 is 1.55. The number of nitrogens with one attached hydrogen (secondary N) is 1. The molecule has 0 saturated heterocycles. The smallest absolute Gasteiger partial charge is 0.254 e. The normalized spacial score (nSPS) is 10.4. The molecule has 0 aliphatic heterocycles. The molecule has 0 fully saturated rings. The lowest BCUT2D eigenvalue weighted by molar-refractivity contribution is 0.0950. The van der Waals surface area contributed by atoms with Crippen LogP contribution in [0.5, 0.6) is 0 Å². The molecule has 0 atom stereocenters. The minimum absolute atomic E-state index is 0.0321. The number of amides is 1. The van der Waals surface area contributed by atoms with Gasteiger partial charge in [-0.15, -0.1) is 11.3 Å². The number of rotatable bonds is 4. The zero-order valence-corrected chi connectivity index (χ0v) is 11.3. The monoisotopic (exact) mass is 279 g/mol. The highest BCUT2D eigenvalue weighted by atomic mass is 32.1. The summed E-state index contributed by atoms with van der Waals surface area (Å²) in [7, 11) is 0. The molecule has 0 aliphatic carbocycles. The van der Waals surface area contributed by atoms with E-state index in [2.05, 4.69) is 10.3 Å². The Labute approximate surface area is 114 Å². The number of halogens is 1. The summed E-state index contributed by atoms with van der Waals surface area (Å²) < 4.78 is 13.4. The van der Waals surface area contributed by atoms with E-state index in [0.717, 1.165) is 10.7 Å². The van der Waals surface area contributed by atoms with E-state index in [1.807, 2.05) is 12.3 Å². The number of anilines is 1. The molecule has 1 amide bonds. The summed E-state index contributed by atoms with van der Waals surface area (Å²) in [6.07, 6.45) is 0.633. The van der Waals surface area contributed by atoms with Crippen LogP contribution >= 0.6 is 11.3 Å². The number of aromatic nitrogens is 1. The highest BCUT2D eigenvalue weighted by molar-refractivity contribution is 7.09. The molecule has 1 heterocycles. The van der Waals surface area contributed by atoms with Gasteiger partial charge in [0.15, 0.2) is 0 Å². The molecule has 3 N–H and O–H groups in total. The van der Waals surface area contributed by atoms with Crippen molar-refractivity contribution in [1.82, 2.24) is 10.3 Å². The van der Waals surface area contributed by atoms with Gasteiger partial charge in [-0.3, -0.25) is 4.79 Å². The first-order valence-electron chi connectivity index (χ1n) is 5.80. The number of nitrogens with zero attached hydrogens (tertiary/aromatic N) is 1.